The van der Waals surface area contributed by atoms with Gasteiger partial charge in [-0.25, -0.2) is 0 Å². The molecule has 9 heteroatoms. The monoisotopic (exact) mass is 535 g/mol. The predicted molar refractivity (Wildman–Crippen MR) is 141 cm³/mol. The van der Waals surface area contributed by atoms with Gasteiger partial charge in [0.05, 0.1) is 32.8 Å². The Kier molecular flexibility index (Phi) is 7.51. The first-order valence-corrected chi connectivity index (χ1v) is 12.0. The number of rotatable bonds is 6. The van der Waals surface area contributed by atoms with Crippen LogP contribution in [0.25, 0.3) is 6.08 Å². The number of carbonyl (C=O) groups excluding carboxylic acids is 1. The molecule has 1 aliphatic heterocycles. The van der Waals surface area contributed by atoms with E-state index in [0.29, 0.717) is 53.7 Å². The normalized spacial score (nSPS) is 14.8. The van der Waals surface area contributed by atoms with Gasteiger partial charge in [-0.1, -0.05) is 89.1 Å². The van der Waals surface area contributed by atoms with Gasteiger partial charge in [-0.2, -0.15) is 0 Å². The number of carbonyl (C=O) groups is 1. The quantitative estimate of drug-likeness (QED) is 0.239. The molecule has 168 valence electrons. The van der Waals surface area contributed by atoms with Gasteiger partial charge in [0.15, 0.2) is 15.8 Å². The van der Waals surface area contributed by atoms with Gasteiger partial charge >= 0.3 is 0 Å². The Balaban J connectivity index is 1.59. The first kappa shape index (κ1) is 23.9. The second kappa shape index (κ2) is 10.4. The van der Waals surface area contributed by atoms with Gasteiger partial charge in [0.1, 0.15) is 6.61 Å². The summed E-state index contributed by atoms with van der Waals surface area (Å²) >= 11 is 25.2. The van der Waals surface area contributed by atoms with Crippen LogP contribution in [0.2, 0.25) is 15.1 Å². The molecule has 0 N–H and O–H groups in total. The Morgan fingerprint density at radius 1 is 1.00 bits per heavy atom. The number of thioether (sulfide) groups is 1. The van der Waals surface area contributed by atoms with E-state index >= 15 is 0 Å². The lowest BCUT2D eigenvalue weighted by atomic mass is 10.1. The van der Waals surface area contributed by atoms with Crippen LogP contribution in [0.3, 0.4) is 0 Å². The van der Waals surface area contributed by atoms with Crippen LogP contribution in [0.1, 0.15) is 11.1 Å². The molecule has 1 saturated heterocycles. The standard InChI is InChI=1S/C24H16Cl3NO3S2/c1-30-20-10-15(9-19(27)22(20)31-13-14-5-3-2-4-6-14)11-21-23(29)28(24(32)33-21)16-7-8-17(25)18(26)12-16/h2-12H,13H2,1H3/b21-11+. The molecule has 0 radical (unpaired) electrons. The molecule has 0 aliphatic carbocycles. The van der Waals surface area contributed by atoms with E-state index in [0.717, 1.165) is 5.56 Å². The molecule has 0 atom stereocenters. The van der Waals surface area contributed by atoms with Crippen LogP contribution in [0.4, 0.5) is 5.69 Å². The summed E-state index contributed by atoms with van der Waals surface area (Å²) in [6.07, 6.45) is 1.71. The van der Waals surface area contributed by atoms with E-state index in [1.54, 1.807) is 36.4 Å². The van der Waals surface area contributed by atoms with Crippen molar-refractivity contribution in [3.8, 4) is 11.5 Å². The van der Waals surface area contributed by atoms with Gasteiger partial charge in [0.25, 0.3) is 5.91 Å². The number of halogens is 3. The summed E-state index contributed by atoms with van der Waals surface area (Å²) in [5.74, 6) is 0.635. The Hall–Kier alpha value is -2.22. The molecule has 0 saturated carbocycles. The maximum absolute atomic E-state index is 13.1. The SMILES string of the molecule is COc1cc(/C=C2/SC(=S)N(c3ccc(Cl)c(Cl)c3)C2=O)cc(Cl)c1OCc1ccccc1. The molecule has 1 heterocycles. The van der Waals surface area contributed by atoms with Crippen LogP contribution in [0.5, 0.6) is 11.5 Å². The van der Waals surface area contributed by atoms with Crippen LogP contribution in [0, 0.1) is 0 Å². The number of nitrogens with zero attached hydrogens (tertiary/aromatic N) is 1. The number of hydrogen-bond acceptors (Lipinski definition) is 5. The zero-order valence-electron chi connectivity index (χ0n) is 17.2. The van der Waals surface area contributed by atoms with E-state index in [2.05, 4.69) is 0 Å². The Bertz CT molecular complexity index is 1270. The Morgan fingerprint density at radius 3 is 2.45 bits per heavy atom. The van der Waals surface area contributed by atoms with Gasteiger partial charge < -0.3 is 9.47 Å². The number of benzene rings is 3. The van der Waals surface area contributed by atoms with Gasteiger partial charge in [0, 0.05) is 0 Å². The molecule has 0 aromatic heterocycles. The third-order valence-electron chi connectivity index (χ3n) is 4.73. The number of methoxy groups -OCH3 is 1. The number of anilines is 1. The molecule has 1 aliphatic rings. The maximum atomic E-state index is 13.1. The molecular weight excluding hydrogens is 521 g/mol. The van der Waals surface area contributed by atoms with Gasteiger partial charge in [-0.3, -0.25) is 9.69 Å². The van der Waals surface area contributed by atoms with Crippen molar-refractivity contribution in [3.05, 3.63) is 91.8 Å². The second-order valence-corrected chi connectivity index (χ2v) is 9.82. The van der Waals surface area contributed by atoms with Crippen molar-refractivity contribution >= 4 is 80.8 Å². The fourth-order valence-electron chi connectivity index (χ4n) is 3.16. The molecule has 3 aromatic carbocycles. The van der Waals surface area contributed by atoms with Crippen molar-refractivity contribution in [2.24, 2.45) is 0 Å². The van der Waals surface area contributed by atoms with Crippen molar-refractivity contribution in [2.75, 3.05) is 12.0 Å². The molecule has 1 amide bonds. The highest BCUT2D eigenvalue weighted by Gasteiger charge is 2.33. The first-order valence-electron chi connectivity index (χ1n) is 9.64. The van der Waals surface area contributed by atoms with E-state index in [9.17, 15) is 4.79 Å². The van der Waals surface area contributed by atoms with E-state index in [1.165, 1.54) is 23.8 Å². The van der Waals surface area contributed by atoms with E-state index in [1.807, 2.05) is 30.3 Å². The zero-order chi connectivity index (χ0) is 23.5. The minimum Gasteiger partial charge on any atom is -0.493 e. The largest absolute Gasteiger partial charge is 0.493 e. The number of amides is 1. The number of thiocarbonyl (C=S) groups is 1. The minimum atomic E-state index is -0.261. The lowest BCUT2D eigenvalue weighted by Crippen LogP contribution is -2.27. The zero-order valence-corrected chi connectivity index (χ0v) is 21.1. The van der Waals surface area contributed by atoms with Crippen LogP contribution in [-0.4, -0.2) is 17.3 Å². The van der Waals surface area contributed by atoms with Crippen molar-refractivity contribution < 1.29 is 14.3 Å². The smallest absolute Gasteiger partial charge is 0.270 e. The van der Waals surface area contributed by atoms with Gasteiger partial charge in [0.2, 0.25) is 0 Å². The summed E-state index contributed by atoms with van der Waals surface area (Å²) < 4.78 is 11.8. The number of ether oxygens (including phenoxy) is 2. The topological polar surface area (TPSA) is 38.8 Å². The highest BCUT2D eigenvalue weighted by Crippen LogP contribution is 2.41. The molecule has 3 aromatic rings. The summed E-state index contributed by atoms with van der Waals surface area (Å²) in [5.41, 5.74) is 2.24. The van der Waals surface area contributed by atoms with E-state index < -0.39 is 0 Å². The highest BCUT2D eigenvalue weighted by atomic mass is 35.5. The van der Waals surface area contributed by atoms with Crippen LogP contribution in [-0.2, 0) is 11.4 Å². The summed E-state index contributed by atoms with van der Waals surface area (Å²) in [6.45, 7) is 0.346. The average molecular weight is 537 g/mol. The lowest BCUT2D eigenvalue weighted by Gasteiger charge is -2.15. The maximum Gasteiger partial charge on any atom is 0.270 e. The van der Waals surface area contributed by atoms with Gasteiger partial charge in [-0.05, 0) is 47.5 Å². The lowest BCUT2D eigenvalue weighted by molar-refractivity contribution is -0.113. The number of hydrogen-bond donors (Lipinski definition) is 0. The second-order valence-electron chi connectivity index (χ2n) is 6.92. The molecule has 0 unspecified atom stereocenters. The van der Waals surface area contributed by atoms with Gasteiger partial charge in [-0.15, -0.1) is 0 Å². The van der Waals surface area contributed by atoms with Crippen molar-refractivity contribution in [2.45, 2.75) is 6.61 Å². The first-order chi connectivity index (χ1) is 15.9. The predicted octanol–water partition coefficient (Wildman–Crippen LogP) is 7.64. The van der Waals surface area contributed by atoms with Crippen LogP contribution in [0.15, 0.2) is 65.6 Å². The molecule has 4 rings (SSSR count). The third kappa shape index (κ3) is 5.31. The Morgan fingerprint density at radius 2 is 1.76 bits per heavy atom. The minimum absolute atomic E-state index is 0.261. The van der Waals surface area contributed by atoms with Crippen molar-refractivity contribution in [1.29, 1.82) is 0 Å². The molecule has 1 fully saturated rings. The van der Waals surface area contributed by atoms with E-state index in [-0.39, 0.29) is 5.91 Å². The molecular formula is C24H16Cl3NO3S2. The van der Waals surface area contributed by atoms with Crippen LogP contribution < -0.4 is 14.4 Å². The molecule has 0 bridgehead atoms. The average Bonchev–Trinajstić information content (AvgIpc) is 3.08. The molecule has 4 nitrogen and oxygen atoms in total. The fraction of sp³-hybridized carbons (Fsp3) is 0.0833. The summed E-state index contributed by atoms with van der Waals surface area (Å²) in [5, 5.41) is 1.11. The van der Waals surface area contributed by atoms with E-state index in [4.69, 9.17) is 56.5 Å². The summed E-state index contributed by atoms with van der Waals surface area (Å²) in [6, 6.07) is 18.2. The highest BCUT2D eigenvalue weighted by molar-refractivity contribution is 8.27. The summed E-state index contributed by atoms with van der Waals surface area (Å²) in [7, 11) is 1.54. The van der Waals surface area contributed by atoms with Crippen LogP contribution >= 0.6 is 58.8 Å². The fourth-order valence-corrected chi connectivity index (χ4v) is 5.02. The van der Waals surface area contributed by atoms with Crippen molar-refractivity contribution in [1.82, 2.24) is 0 Å². The third-order valence-corrected chi connectivity index (χ3v) is 7.05. The molecule has 33 heavy (non-hydrogen) atoms. The van der Waals surface area contributed by atoms with Crippen molar-refractivity contribution in [3.63, 3.8) is 0 Å². The Labute approximate surface area is 216 Å². The molecule has 0 spiro atoms. The summed E-state index contributed by atoms with van der Waals surface area (Å²) in [4.78, 5) is 14.9.